The molecular weight excluding hydrogens is 298 g/mol. The number of ketones is 1. The Morgan fingerprint density at radius 3 is 2.27 bits per heavy atom. The summed E-state index contributed by atoms with van der Waals surface area (Å²) in [4.78, 5) is 26.8. The Labute approximate surface area is 139 Å². The maximum atomic E-state index is 12.1. The van der Waals surface area contributed by atoms with E-state index in [9.17, 15) is 9.59 Å². The number of thiocarbonyl (C=S) groups is 1. The number of unbranched alkanes of at least 4 members (excludes halogenated alkanes) is 6. The molecule has 5 heteroatoms. The van der Waals surface area contributed by atoms with Gasteiger partial charge in [0.25, 0.3) is 0 Å². The zero-order valence-electron chi connectivity index (χ0n) is 13.8. The highest BCUT2D eigenvalue weighted by atomic mass is 32.1. The number of carboxylic acids is 1. The highest BCUT2D eigenvalue weighted by Gasteiger charge is 2.23. The van der Waals surface area contributed by atoms with Crippen molar-refractivity contribution in [1.82, 2.24) is 0 Å². The van der Waals surface area contributed by atoms with E-state index >= 15 is 0 Å². The molecule has 22 heavy (non-hydrogen) atoms. The molecule has 0 aliphatic carbocycles. The average molecular weight is 327 g/mol. The molecule has 0 saturated heterocycles. The number of carboxylic acid groups (broad SMARTS) is 1. The van der Waals surface area contributed by atoms with Crippen molar-refractivity contribution in [2.45, 2.75) is 71.6 Å². The summed E-state index contributed by atoms with van der Waals surface area (Å²) >= 11 is 4.44. The molecule has 0 aliphatic rings. The minimum absolute atomic E-state index is 0.0120. The maximum absolute atomic E-state index is 12.1. The summed E-state index contributed by atoms with van der Waals surface area (Å²) in [7, 11) is 0. The van der Waals surface area contributed by atoms with Crippen molar-refractivity contribution in [2.75, 3.05) is 6.54 Å². The van der Waals surface area contributed by atoms with Gasteiger partial charge in [-0.15, -0.1) is 0 Å². The quantitative estimate of drug-likeness (QED) is 0.289. The first-order valence-corrected chi connectivity index (χ1v) is 8.72. The number of hydrogen-bond acceptors (Lipinski definition) is 4. The molecule has 126 valence electrons. The zero-order valence-corrected chi connectivity index (χ0v) is 14.7. The normalized spacial score (nSPS) is 13.2. The van der Waals surface area contributed by atoms with Crippen molar-refractivity contribution >= 4 is 29.1 Å². The third-order valence-electron chi connectivity index (χ3n) is 3.96. The number of carbonyl (C=O) groups is 2. The lowest BCUT2D eigenvalue weighted by Gasteiger charge is -2.13. The van der Waals surface area contributed by atoms with Crippen LogP contribution in [0.4, 0.5) is 0 Å². The summed E-state index contributed by atoms with van der Waals surface area (Å²) in [5.74, 6) is -1.84. The van der Waals surface area contributed by atoms with Crippen LogP contribution in [-0.2, 0) is 9.59 Å². The molecule has 4 nitrogen and oxygen atoms in total. The molecule has 0 radical (unpaired) electrons. The summed E-state index contributed by atoms with van der Waals surface area (Å²) < 4.78 is 0. The van der Waals surface area contributed by atoms with E-state index in [0.29, 0.717) is 0 Å². The minimum atomic E-state index is -0.995. The number of aliphatic carboxylic acids is 1. The van der Waals surface area contributed by atoms with E-state index in [0.717, 1.165) is 19.3 Å². The molecule has 1 N–H and O–H groups in total. The Bertz CT molecular complexity index is 378. The highest BCUT2D eigenvalue weighted by molar-refractivity contribution is 7.78. The molecule has 0 heterocycles. The summed E-state index contributed by atoms with van der Waals surface area (Å²) in [5, 5.41) is 11.2. The predicted molar refractivity (Wildman–Crippen MR) is 92.4 cm³/mol. The molecule has 0 rings (SSSR count). The van der Waals surface area contributed by atoms with Gasteiger partial charge in [-0.25, -0.2) is 4.99 Å². The van der Waals surface area contributed by atoms with Gasteiger partial charge in [-0.1, -0.05) is 58.8 Å². The first kappa shape index (κ1) is 20.9. The number of hydrogen-bond donors (Lipinski definition) is 1. The van der Waals surface area contributed by atoms with Gasteiger partial charge < -0.3 is 5.11 Å². The van der Waals surface area contributed by atoms with Gasteiger partial charge in [0.1, 0.15) is 5.78 Å². The summed E-state index contributed by atoms with van der Waals surface area (Å²) in [5.41, 5.74) is 0. The molecule has 0 spiro atoms. The average Bonchev–Trinajstić information content (AvgIpc) is 2.49. The monoisotopic (exact) mass is 327 g/mol. The number of nitrogens with zero attached hydrogens (tertiary/aromatic N) is 1. The van der Waals surface area contributed by atoms with E-state index in [-0.39, 0.29) is 24.7 Å². The standard InChI is InChI=1S/C17H29NO3S/c1-3-4-5-6-7-8-9-10-14(2)16(19)11-15(17(20)21)12-18-13-22/h14-15H,3-12H2,1-2H3,(H,20,21). The predicted octanol–water partition coefficient (Wildman–Crippen LogP) is 4.53. The van der Waals surface area contributed by atoms with Crippen LogP contribution in [-0.4, -0.2) is 28.6 Å². The molecule has 0 amide bonds. The van der Waals surface area contributed by atoms with E-state index in [4.69, 9.17) is 5.11 Å². The third kappa shape index (κ3) is 10.6. The van der Waals surface area contributed by atoms with Crippen LogP contribution in [0, 0.1) is 11.8 Å². The summed E-state index contributed by atoms with van der Waals surface area (Å²) in [6.45, 7) is 4.13. The lowest BCUT2D eigenvalue weighted by molar-refractivity contribution is -0.143. The van der Waals surface area contributed by atoms with Crippen LogP contribution in [0.3, 0.4) is 0 Å². The van der Waals surface area contributed by atoms with Crippen LogP contribution >= 0.6 is 12.2 Å². The first-order valence-electron chi connectivity index (χ1n) is 8.32. The lowest BCUT2D eigenvalue weighted by atomic mass is 9.91. The van der Waals surface area contributed by atoms with E-state index in [1.807, 2.05) is 6.92 Å². The van der Waals surface area contributed by atoms with Gasteiger partial charge in [0, 0.05) is 12.3 Å². The first-order chi connectivity index (χ1) is 10.5. The fraction of sp³-hybridized carbons (Fsp3) is 0.824. The molecular formula is C17H29NO3S. The van der Waals surface area contributed by atoms with Crippen LogP contribution in [0.2, 0.25) is 0 Å². The Balaban J connectivity index is 3.94. The Hall–Kier alpha value is -1.06. The van der Waals surface area contributed by atoms with Gasteiger partial charge in [-0.3, -0.25) is 9.59 Å². The highest BCUT2D eigenvalue weighted by Crippen LogP contribution is 2.17. The third-order valence-corrected chi connectivity index (χ3v) is 4.09. The van der Waals surface area contributed by atoms with Gasteiger partial charge in [-0.05, 0) is 18.6 Å². The smallest absolute Gasteiger partial charge is 0.308 e. The van der Waals surface area contributed by atoms with Crippen molar-refractivity contribution in [1.29, 1.82) is 0 Å². The molecule has 0 saturated carbocycles. The lowest BCUT2D eigenvalue weighted by Crippen LogP contribution is -2.23. The van der Waals surface area contributed by atoms with Crippen LogP contribution < -0.4 is 0 Å². The molecule has 0 aromatic rings. The largest absolute Gasteiger partial charge is 0.481 e. The van der Waals surface area contributed by atoms with Crippen LogP contribution in [0.15, 0.2) is 4.99 Å². The Morgan fingerprint density at radius 1 is 1.14 bits per heavy atom. The van der Waals surface area contributed by atoms with Gasteiger partial charge in [0.2, 0.25) is 0 Å². The molecule has 2 atom stereocenters. The van der Waals surface area contributed by atoms with E-state index in [1.165, 1.54) is 32.1 Å². The van der Waals surface area contributed by atoms with Gasteiger partial charge in [-0.2, -0.15) is 0 Å². The number of isothiocyanates is 1. The van der Waals surface area contributed by atoms with Crippen molar-refractivity contribution in [3.63, 3.8) is 0 Å². The number of Topliss-reactive ketones (excluding diaryl/α,β-unsaturated/α-hetero) is 1. The number of rotatable bonds is 14. The van der Waals surface area contributed by atoms with Gasteiger partial charge in [0.15, 0.2) is 0 Å². The molecule has 0 aromatic heterocycles. The van der Waals surface area contributed by atoms with Crippen molar-refractivity contribution in [3.8, 4) is 0 Å². The minimum Gasteiger partial charge on any atom is -0.481 e. The number of carbonyl (C=O) groups excluding carboxylic acids is 1. The molecule has 0 aromatic carbocycles. The van der Waals surface area contributed by atoms with E-state index in [2.05, 4.69) is 29.3 Å². The number of aliphatic imine (C=N–C) groups is 1. The summed E-state index contributed by atoms with van der Waals surface area (Å²) in [6.07, 6.45) is 9.41. The molecule has 2 unspecified atom stereocenters. The SMILES string of the molecule is CCCCCCCCCC(C)C(=O)CC(CN=C=S)C(=O)O. The van der Waals surface area contributed by atoms with Gasteiger partial charge in [0.05, 0.1) is 17.6 Å². The second kappa shape index (κ2) is 13.6. The zero-order chi connectivity index (χ0) is 16.8. The second-order valence-corrected chi connectivity index (χ2v) is 6.13. The fourth-order valence-electron chi connectivity index (χ4n) is 2.39. The second-order valence-electron chi connectivity index (χ2n) is 5.95. The van der Waals surface area contributed by atoms with E-state index in [1.54, 1.807) is 0 Å². The van der Waals surface area contributed by atoms with Crippen LogP contribution in [0.5, 0.6) is 0 Å². The van der Waals surface area contributed by atoms with Crippen LogP contribution in [0.1, 0.15) is 71.6 Å². The van der Waals surface area contributed by atoms with Crippen molar-refractivity contribution in [3.05, 3.63) is 0 Å². The molecule has 0 bridgehead atoms. The van der Waals surface area contributed by atoms with E-state index < -0.39 is 11.9 Å². The van der Waals surface area contributed by atoms with Crippen molar-refractivity contribution < 1.29 is 14.7 Å². The topological polar surface area (TPSA) is 66.7 Å². The van der Waals surface area contributed by atoms with Gasteiger partial charge >= 0.3 is 5.97 Å². The maximum Gasteiger partial charge on any atom is 0.308 e. The molecule has 0 aliphatic heterocycles. The summed E-state index contributed by atoms with van der Waals surface area (Å²) in [6, 6.07) is 0. The molecule has 0 fully saturated rings. The Kier molecular flexibility index (Phi) is 12.9. The van der Waals surface area contributed by atoms with Crippen molar-refractivity contribution in [2.24, 2.45) is 16.8 Å². The fourth-order valence-corrected chi connectivity index (χ4v) is 2.46. The Morgan fingerprint density at radius 2 is 1.73 bits per heavy atom. The van der Waals surface area contributed by atoms with Crippen LogP contribution in [0.25, 0.3) is 0 Å².